The fourth-order valence-corrected chi connectivity index (χ4v) is 2.96. The normalized spacial score (nSPS) is 20.2. The highest BCUT2D eigenvalue weighted by Crippen LogP contribution is 2.34. The Kier molecular flexibility index (Phi) is 4.57. The molecule has 0 bridgehead atoms. The summed E-state index contributed by atoms with van der Waals surface area (Å²) in [4.78, 5) is 12.1. The third-order valence-electron chi connectivity index (χ3n) is 4.24. The van der Waals surface area contributed by atoms with Crippen LogP contribution in [0, 0.1) is 5.92 Å². The van der Waals surface area contributed by atoms with Crippen LogP contribution in [0.3, 0.4) is 0 Å². The second kappa shape index (κ2) is 6.17. The van der Waals surface area contributed by atoms with Gasteiger partial charge in [-0.15, -0.1) is 0 Å². The number of carbonyl (C=O) groups is 1. The summed E-state index contributed by atoms with van der Waals surface area (Å²) in [5.74, 6) is 1.47. The molecule has 0 radical (unpaired) electrons. The van der Waals surface area contributed by atoms with Crippen LogP contribution in [-0.2, 0) is 11.2 Å². The summed E-state index contributed by atoms with van der Waals surface area (Å²) in [6.07, 6.45) is 6.22. The summed E-state index contributed by atoms with van der Waals surface area (Å²) in [7, 11) is 0. The fraction of sp³-hybridized carbons (Fsp3) is 0.588. The second-order valence-electron chi connectivity index (χ2n) is 5.75. The lowest BCUT2D eigenvalue weighted by Gasteiger charge is -2.25. The number of Topliss-reactive ketones (excluding diaryl/α,β-unsaturated/α-hetero) is 1. The van der Waals surface area contributed by atoms with Crippen molar-refractivity contribution >= 4 is 5.78 Å². The molecule has 1 aliphatic rings. The standard InChI is InChI=1S/C17H24O/c1-3-13(2)11-16(18)12-15-9-6-8-14-7-4-5-10-17(14)15/h4-5,7,10,13,15H,3,6,8-9,11-12H2,1-2H3. The molecule has 1 heteroatoms. The molecule has 0 saturated heterocycles. The molecule has 0 fully saturated rings. The van der Waals surface area contributed by atoms with Gasteiger partial charge in [0.25, 0.3) is 0 Å². The van der Waals surface area contributed by atoms with Crippen LogP contribution in [0.5, 0.6) is 0 Å². The summed E-state index contributed by atoms with van der Waals surface area (Å²) in [5, 5.41) is 0. The van der Waals surface area contributed by atoms with Crippen LogP contribution in [0.25, 0.3) is 0 Å². The fourth-order valence-electron chi connectivity index (χ4n) is 2.96. The van der Waals surface area contributed by atoms with Gasteiger partial charge >= 0.3 is 0 Å². The van der Waals surface area contributed by atoms with Crippen molar-refractivity contribution in [2.75, 3.05) is 0 Å². The summed E-state index contributed by atoms with van der Waals surface area (Å²) in [5.41, 5.74) is 2.89. The maximum Gasteiger partial charge on any atom is 0.133 e. The SMILES string of the molecule is CCC(C)CC(=O)CC1CCCc2ccccc21. The van der Waals surface area contributed by atoms with E-state index in [2.05, 4.69) is 38.1 Å². The first-order valence-electron chi connectivity index (χ1n) is 7.30. The van der Waals surface area contributed by atoms with Crippen molar-refractivity contribution in [3.05, 3.63) is 35.4 Å². The number of carbonyl (C=O) groups excluding carboxylic acids is 1. The van der Waals surface area contributed by atoms with Crippen LogP contribution < -0.4 is 0 Å². The lowest BCUT2D eigenvalue weighted by molar-refractivity contribution is -0.120. The molecule has 0 amide bonds. The lowest BCUT2D eigenvalue weighted by atomic mass is 9.79. The van der Waals surface area contributed by atoms with Crippen LogP contribution in [0.1, 0.15) is 63.0 Å². The van der Waals surface area contributed by atoms with Gasteiger partial charge in [0, 0.05) is 12.8 Å². The summed E-state index contributed by atoms with van der Waals surface area (Å²) >= 11 is 0. The van der Waals surface area contributed by atoms with Gasteiger partial charge in [0.1, 0.15) is 5.78 Å². The molecular weight excluding hydrogens is 220 g/mol. The lowest BCUT2D eigenvalue weighted by Crippen LogP contribution is -2.15. The molecule has 2 unspecified atom stereocenters. The van der Waals surface area contributed by atoms with Gasteiger partial charge in [-0.3, -0.25) is 4.79 Å². The molecule has 1 nitrogen and oxygen atoms in total. The highest BCUT2D eigenvalue weighted by Gasteiger charge is 2.22. The van der Waals surface area contributed by atoms with Crippen molar-refractivity contribution in [1.29, 1.82) is 0 Å². The van der Waals surface area contributed by atoms with Crippen LogP contribution in [-0.4, -0.2) is 5.78 Å². The largest absolute Gasteiger partial charge is 0.300 e. The molecule has 2 atom stereocenters. The highest BCUT2D eigenvalue weighted by molar-refractivity contribution is 5.79. The molecule has 18 heavy (non-hydrogen) atoms. The van der Waals surface area contributed by atoms with E-state index < -0.39 is 0 Å². The Balaban J connectivity index is 2.01. The number of rotatable bonds is 5. The van der Waals surface area contributed by atoms with Crippen molar-refractivity contribution < 1.29 is 4.79 Å². The van der Waals surface area contributed by atoms with Crippen LogP contribution in [0.15, 0.2) is 24.3 Å². The zero-order chi connectivity index (χ0) is 13.0. The summed E-state index contributed by atoms with van der Waals surface area (Å²) in [6.45, 7) is 4.33. The van der Waals surface area contributed by atoms with E-state index in [1.807, 2.05) is 0 Å². The number of fused-ring (bicyclic) bond motifs is 1. The number of hydrogen-bond donors (Lipinski definition) is 0. The number of hydrogen-bond acceptors (Lipinski definition) is 1. The minimum atomic E-state index is 0.450. The highest BCUT2D eigenvalue weighted by atomic mass is 16.1. The molecule has 1 aromatic rings. The Morgan fingerprint density at radius 2 is 2.17 bits per heavy atom. The van der Waals surface area contributed by atoms with E-state index in [9.17, 15) is 4.79 Å². The predicted octanol–water partition coefficient (Wildman–Crippen LogP) is 4.50. The Labute approximate surface area is 111 Å². The first-order valence-corrected chi connectivity index (χ1v) is 7.30. The van der Waals surface area contributed by atoms with E-state index in [-0.39, 0.29) is 0 Å². The number of aryl methyl sites for hydroxylation is 1. The molecule has 0 saturated carbocycles. The molecule has 1 aliphatic carbocycles. The molecular formula is C17H24O. The number of ketones is 1. The van der Waals surface area contributed by atoms with Gasteiger partial charge in [-0.25, -0.2) is 0 Å². The second-order valence-corrected chi connectivity index (χ2v) is 5.75. The van der Waals surface area contributed by atoms with Crippen molar-refractivity contribution in [1.82, 2.24) is 0 Å². The zero-order valence-electron chi connectivity index (χ0n) is 11.6. The molecule has 0 aromatic heterocycles. The molecule has 0 aliphatic heterocycles. The monoisotopic (exact) mass is 244 g/mol. The first kappa shape index (κ1) is 13.3. The maximum absolute atomic E-state index is 12.1. The van der Waals surface area contributed by atoms with E-state index in [0.717, 1.165) is 19.3 Å². The Morgan fingerprint density at radius 1 is 1.39 bits per heavy atom. The minimum Gasteiger partial charge on any atom is -0.300 e. The van der Waals surface area contributed by atoms with Crippen molar-refractivity contribution in [2.24, 2.45) is 5.92 Å². The van der Waals surface area contributed by atoms with Gasteiger partial charge in [0.2, 0.25) is 0 Å². The molecule has 0 spiro atoms. The smallest absolute Gasteiger partial charge is 0.133 e. The van der Waals surface area contributed by atoms with Crippen LogP contribution in [0.2, 0.25) is 0 Å². The Bertz CT molecular complexity index is 408. The van der Waals surface area contributed by atoms with Gasteiger partial charge in [-0.1, -0.05) is 44.5 Å². The number of benzene rings is 1. The quantitative estimate of drug-likeness (QED) is 0.745. The van der Waals surface area contributed by atoms with E-state index in [0.29, 0.717) is 17.6 Å². The van der Waals surface area contributed by atoms with Crippen molar-refractivity contribution in [2.45, 2.75) is 58.3 Å². The van der Waals surface area contributed by atoms with Crippen molar-refractivity contribution in [3.8, 4) is 0 Å². The minimum absolute atomic E-state index is 0.450. The van der Waals surface area contributed by atoms with Crippen LogP contribution >= 0.6 is 0 Å². The summed E-state index contributed by atoms with van der Waals surface area (Å²) < 4.78 is 0. The third kappa shape index (κ3) is 3.22. The first-order chi connectivity index (χ1) is 8.70. The van der Waals surface area contributed by atoms with Gasteiger partial charge in [0.15, 0.2) is 0 Å². The molecule has 0 N–H and O–H groups in total. The van der Waals surface area contributed by atoms with E-state index >= 15 is 0 Å². The topological polar surface area (TPSA) is 17.1 Å². The average molecular weight is 244 g/mol. The van der Waals surface area contributed by atoms with E-state index in [1.165, 1.54) is 30.4 Å². The van der Waals surface area contributed by atoms with Crippen LogP contribution in [0.4, 0.5) is 0 Å². The Morgan fingerprint density at radius 3 is 2.94 bits per heavy atom. The zero-order valence-corrected chi connectivity index (χ0v) is 11.6. The molecule has 0 heterocycles. The van der Waals surface area contributed by atoms with Gasteiger partial charge in [0.05, 0.1) is 0 Å². The summed E-state index contributed by atoms with van der Waals surface area (Å²) in [6, 6.07) is 8.66. The van der Waals surface area contributed by atoms with Crippen molar-refractivity contribution in [3.63, 3.8) is 0 Å². The maximum atomic E-state index is 12.1. The third-order valence-corrected chi connectivity index (χ3v) is 4.24. The van der Waals surface area contributed by atoms with Gasteiger partial charge in [-0.2, -0.15) is 0 Å². The van der Waals surface area contributed by atoms with Gasteiger partial charge in [-0.05, 0) is 42.2 Å². The van der Waals surface area contributed by atoms with Gasteiger partial charge < -0.3 is 0 Å². The predicted molar refractivity (Wildman–Crippen MR) is 75.8 cm³/mol. The van der Waals surface area contributed by atoms with E-state index in [1.54, 1.807) is 0 Å². The van der Waals surface area contributed by atoms with E-state index in [4.69, 9.17) is 0 Å². The Hall–Kier alpha value is -1.11. The molecule has 98 valence electrons. The average Bonchev–Trinajstić information content (AvgIpc) is 2.39. The molecule has 1 aromatic carbocycles. The molecule has 2 rings (SSSR count).